The number of halogens is 3. The quantitative estimate of drug-likeness (QED) is 0.456. The number of fused-ring (bicyclic) bond motifs is 1. The van der Waals surface area contributed by atoms with Gasteiger partial charge in [-0.25, -0.2) is 0 Å². The van der Waals surface area contributed by atoms with E-state index in [1.807, 2.05) is 30.3 Å². The molecule has 1 aliphatic heterocycles. The molecule has 0 aliphatic carbocycles. The Hall–Kier alpha value is -3.52. The van der Waals surface area contributed by atoms with Crippen LogP contribution in [0.3, 0.4) is 0 Å². The minimum Gasteiger partial charge on any atom is -0.504 e. The van der Waals surface area contributed by atoms with Crippen LogP contribution in [0.1, 0.15) is 46.3 Å². The highest BCUT2D eigenvalue weighted by Crippen LogP contribution is 2.43. The van der Waals surface area contributed by atoms with Gasteiger partial charge in [-0.3, -0.25) is 9.69 Å². The predicted octanol–water partition coefficient (Wildman–Crippen LogP) is 5.44. The number of methoxy groups -OCH3 is 1. The lowest BCUT2D eigenvalue weighted by molar-refractivity contribution is -0.137. The number of aryl methyl sites for hydroxylation is 1. The zero-order chi connectivity index (χ0) is 25.9. The first-order valence-electron chi connectivity index (χ1n) is 11.8. The monoisotopic (exact) mass is 498 g/mol. The highest BCUT2D eigenvalue weighted by atomic mass is 19.4. The number of carbonyl (C=O) groups excluding carboxylic acids is 1. The summed E-state index contributed by atoms with van der Waals surface area (Å²) < 4.78 is 44.4. The summed E-state index contributed by atoms with van der Waals surface area (Å²) in [5.41, 5.74) is 2.85. The first-order valence-corrected chi connectivity index (χ1v) is 11.8. The number of phenolic OH excluding ortho intramolecular Hbond substituents is 1. The smallest absolute Gasteiger partial charge is 0.416 e. The first kappa shape index (κ1) is 25.6. The molecule has 0 saturated heterocycles. The van der Waals surface area contributed by atoms with Gasteiger partial charge >= 0.3 is 6.18 Å². The maximum Gasteiger partial charge on any atom is 0.416 e. The number of aromatic hydroxyl groups is 1. The van der Waals surface area contributed by atoms with Gasteiger partial charge in [0.2, 0.25) is 5.91 Å². The van der Waals surface area contributed by atoms with E-state index >= 15 is 0 Å². The molecule has 0 spiro atoms. The summed E-state index contributed by atoms with van der Waals surface area (Å²) in [6.07, 6.45) is -2.68. The van der Waals surface area contributed by atoms with Crippen molar-refractivity contribution in [3.8, 4) is 11.5 Å². The maximum absolute atomic E-state index is 13.1. The van der Waals surface area contributed by atoms with E-state index in [9.17, 15) is 23.1 Å². The van der Waals surface area contributed by atoms with E-state index in [0.717, 1.165) is 34.4 Å². The normalized spacial score (nSPS) is 16.8. The fraction of sp³-hybridized carbons (Fsp3) is 0.321. The molecule has 190 valence electrons. The maximum atomic E-state index is 13.1. The van der Waals surface area contributed by atoms with Gasteiger partial charge in [0.05, 0.1) is 12.7 Å². The Morgan fingerprint density at radius 3 is 2.44 bits per heavy atom. The van der Waals surface area contributed by atoms with Crippen molar-refractivity contribution in [2.45, 2.75) is 37.5 Å². The summed E-state index contributed by atoms with van der Waals surface area (Å²) in [4.78, 5) is 15.3. The van der Waals surface area contributed by atoms with E-state index in [1.165, 1.54) is 19.2 Å². The number of benzene rings is 3. The molecule has 0 radical (unpaired) electrons. The molecule has 8 heteroatoms. The number of hydrogen-bond acceptors (Lipinski definition) is 4. The zero-order valence-corrected chi connectivity index (χ0v) is 20.2. The van der Waals surface area contributed by atoms with E-state index < -0.39 is 17.8 Å². The number of ether oxygens (including phenoxy) is 1. The third kappa shape index (κ3) is 5.33. The van der Waals surface area contributed by atoms with Gasteiger partial charge in [-0.2, -0.15) is 13.2 Å². The number of nitrogens with zero attached hydrogens (tertiary/aromatic N) is 1. The Labute approximate surface area is 208 Å². The molecule has 1 heterocycles. The Morgan fingerprint density at radius 1 is 1.14 bits per heavy atom. The van der Waals surface area contributed by atoms with Gasteiger partial charge in [0, 0.05) is 19.6 Å². The van der Waals surface area contributed by atoms with Crippen molar-refractivity contribution in [1.29, 1.82) is 0 Å². The molecule has 0 bridgehead atoms. The average molecular weight is 499 g/mol. The van der Waals surface area contributed by atoms with Gasteiger partial charge in [0.25, 0.3) is 0 Å². The Balaban J connectivity index is 1.72. The first-order chi connectivity index (χ1) is 17.2. The van der Waals surface area contributed by atoms with Gasteiger partial charge in [-0.05, 0) is 65.8 Å². The van der Waals surface area contributed by atoms with Crippen molar-refractivity contribution >= 4 is 5.91 Å². The van der Waals surface area contributed by atoms with Gasteiger partial charge < -0.3 is 15.2 Å². The van der Waals surface area contributed by atoms with Crippen molar-refractivity contribution in [3.63, 3.8) is 0 Å². The summed E-state index contributed by atoms with van der Waals surface area (Å²) in [5, 5.41) is 13.1. The summed E-state index contributed by atoms with van der Waals surface area (Å²) >= 11 is 0. The van der Waals surface area contributed by atoms with E-state index in [1.54, 1.807) is 19.2 Å². The molecule has 5 nitrogen and oxygen atoms in total. The van der Waals surface area contributed by atoms with Gasteiger partial charge in [0.15, 0.2) is 11.5 Å². The van der Waals surface area contributed by atoms with Gasteiger partial charge in [-0.1, -0.05) is 42.5 Å². The van der Waals surface area contributed by atoms with Crippen LogP contribution in [0.2, 0.25) is 0 Å². The molecular formula is C28H29F3N2O3. The number of alkyl halides is 3. The molecule has 1 amide bonds. The van der Waals surface area contributed by atoms with Gasteiger partial charge in [-0.15, -0.1) is 0 Å². The second-order valence-electron chi connectivity index (χ2n) is 8.89. The molecular weight excluding hydrogens is 469 g/mol. The van der Waals surface area contributed by atoms with E-state index in [-0.39, 0.29) is 17.7 Å². The highest BCUT2D eigenvalue weighted by Gasteiger charge is 2.37. The standard InChI is InChI=1S/C28H29F3N2O3/c1-32-27(35)26(19-6-4-3-5-7-19)33-15-14-20-16-24(34)25(36-2)17-22(20)23(33)13-10-18-8-11-21(12-9-18)28(29,30)31/h3-9,11-12,16-17,23,26,34H,10,13-15H2,1-2H3,(H,32,35)/t23-,26+/m0/s1. The lowest BCUT2D eigenvalue weighted by Gasteiger charge is -2.42. The summed E-state index contributed by atoms with van der Waals surface area (Å²) in [5.74, 6) is 0.248. The van der Waals surface area contributed by atoms with Crippen LogP contribution < -0.4 is 10.1 Å². The van der Waals surface area contributed by atoms with Crippen molar-refractivity contribution in [1.82, 2.24) is 10.2 Å². The molecule has 3 aromatic rings. The third-order valence-corrected chi connectivity index (χ3v) is 6.77. The van der Waals surface area contributed by atoms with Crippen molar-refractivity contribution in [3.05, 3.63) is 94.5 Å². The number of likely N-dealkylation sites (N-methyl/N-ethyl adjacent to an activating group) is 1. The van der Waals surface area contributed by atoms with Crippen LogP contribution >= 0.6 is 0 Å². The van der Waals surface area contributed by atoms with Crippen LogP contribution in [0.15, 0.2) is 66.7 Å². The molecule has 3 aromatic carbocycles. The van der Waals surface area contributed by atoms with Gasteiger partial charge in [0.1, 0.15) is 6.04 Å². The van der Waals surface area contributed by atoms with Crippen LogP contribution in [0, 0.1) is 0 Å². The number of rotatable bonds is 7. The Morgan fingerprint density at radius 2 is 1.83 bits per heavy atom. The van der Waals surface area contributed by atoms with Crippen LogP contribution in [-0.4, -0.2) is 36.6 Å². The van der Waals surface area contributed by atoms with Crippen molar-refractivity contribution in [2.75, 3.05) is 20.7 Å². The second kappa shape index (κ2) is 10.6. The molecule has 2 N–H and O–H groups in total. The summed E-state index contributed by atoms with van der Waals surface area (Å²) in [6, 6.07) is 17.4. The fourth-order valence-electron chi connectivity index (χ4n) is 4.96. The number of nitrogens with one attached hydrogen (secondary N) is 1. The lowest BCUT2D eigenvalue weighted by atomic mass is 9.86. The summed E-state index contributed by atoms with van der Waals surface area (Å²) in [7, 11) is 3.09. The SMILES string of the molecule is CNC(=O)[C@@H](c1ccccc1)N1CCc2cc(O)c(OC)cc2[C@@H]1CCc1ccc(C(F)(F)F)cc1. The molecule has 36 heavy (non-hydrogen) atoms. The summed E-state index contributed by atoms with van der Waals surface area (Å²) in [6.45, 7) is 0.573. The molecule has 2 atom stereocenters. The minimum absolute atomic E-state index is 0.0529. The van der Waals surface area contributed by atoms with E-state index in [4.69, 9.17) is 4.74 Å². The Bertz CT molecular complexity index is 1200. The Kier molecular flexibility index (Phi) is 7.54. The van der Waals surface area contributed by atoms with Crippen LogP contribution in [0.4, 0.5) is 13.2 Å². The predicted molar refractivity (Wildman–Crippen MR) is 131 cm³/mol. The average Bonchev–Trinajstić information content (AvgIpc) is 2.87. The second-order valence-corrected chi connectivity index (χ2v) is 8.89. The number of phenols is 1. The van der Waals surface area contributed by atoms with E-state index in [2.05, 4.69) is 10.2 Å². The van der Waals surface area contributed by atoms with Crippen LogP contribution in [-0.2, 0) is 23.8 Å². The molecule has 0 unspecified atom stereocenters. The highest BCUT2D eigenvalue weighted by molar-refractivity contribution is 5.83. The van der Waals surface area contributed by atoms with Crippen LogP contribution in [0.25, 0.3) is 0 Å². The molecule has 0 fully saturated rings. The van der Waals surface area contributed by atoms with Crippen LogP contribution in [0.5, 0.6) is 11.5 Å². The fourth-order valence-corrected chi connectivity index (χ4v) is 4.96. The number of carbonyl (C=O) groups is 1. The lowest BCUT2D eigenvalue weighted by Crippen LogP contribution is -2.44. The number of hydrogen-bond donors (Lipinski definition) is 2. The zero-order valence-electron chi connectivity index (χ0n) is 20.2. The van der Waals surface area contributed by atoms with Crippen molar-refractivity contribution < 1.29 is 27.8 Å². The van der Waals surface area contributed by atoms with E-state index in [0.29, 0.717) is 31.6 Å². The molecule has 0 aromatic heterocycles. The molecule has 1 aliphatic rings. The topological polar surface area (TPSA) is 61.8 Å². The largest absolute Gasteiger partial charge is 0.504 e. The van der Waals surface area contributed by atoms with Crippen molar-refractivity contribution in [2.24, 2.45) is 0 Å². The minimum atomic E-state index is -4.38. The molecule has 4 rings (SSSR count). The molecule has 0 saturated carbocycles. The number of amides is 1. The third-order valence-electron chi connectivity index (χ3n) is 6.77.